The third-order valence-electron chi connectivity index (χ3n) is 4.00. The monoisotopic (exact) mass is 306 g/mol. The summed E-state index contributed by atoms with van der Waals surface area (Å²) >= 11 is 0. The first-order chi connectivity index (χ1) is 10.3. The van der Waals surface area contributed by atoms with Crippen LogP contribution in [0.1, 0.15) is 47.0 Å². The fourth-order valence-electron chi connectivity index (χ4n) is 2.25. The van der Waals surface area contributed by atoms with E-state index in [9.17, 15) is 9.59 Å². The molecule has 0 bridgehead atoms. The number of amides is 2. The zero-order chi connectivity index (χ0) is 16.8. The Morgan fingerprint density at radius 2 is 1.59 bits per heavy atom. The van der Waals surface area contributed by atoms with Gasteiger partial charge in [-0.05, 0) is 43.5 Å². The molecule has 2 amide bonds. The van der Waals surface area contributed by atoms with E-state index in [1.54, 1.807) is 24.3 Å². The highest BCUT2D eigenvalue weighted by molar-refractivity contribution is 6.13. The molecule has 0 aliphatic heterocycles. The van der Waals surface area contributed by atoms with E-state index in [-0.39, 0.29) is 17.4 Å². The van der Waals surface area contributed by atoms with Crippen molar-refractivity contribution >= 4 is 17.5 Å². The summed E-state index contributed by atoms with van der Waals surface area (Å²) in [5.74, 6) is 0.0883. The molecule has 0 aliphatic rings. The number of ether oxygens (including phenoxy) is 1. The predicted molar refractivity (Wildman–Crippen MR) is 87.9 cm³/mol. The third kappa shape index (κ3) is 4.84. The average Bonchev–Trinajstić information content (AvgIpc) is 2.48. The van der Waals surface area contributed by atoms with Crippen LogP contribution in [0.25, 0.3) is 0 Å². The van der Waals surface area contributed by atoms with Gasteiger partial charge in [0.25, 0.3) is 0 Å². The molecule has 5 heteroatoms. The summed E-state index contributed by atoms with van der Waals surface area (Å²) in [5.41, 5.74) is 6.59. The normalized spacial score (nSPS) is 11.1. The van der Waals surface area contributed by atoms with Crippen LogP contribution in [0.4, 0.5) is 5.69 Å². The highest BCUT2D eigenvalue weighted by Gasteiger charge is 2.20. The maximum atomic E-state index is 11.5. The summed E-state index contributed by atoms with van der Waals surface area (Å²) in [6, 6.07) is 6.91. The third-order valence-corrected chi connectivity index (χ3v) is 4.00. The van der Waals surface area contributed by atoms with Crippen LogP contribution >= 0.6 is 0 Å². The van der Waals surface area contributed by atoms with Crippen LogP contribution in [0.15, 0.2) is 24.3 Å². The minimum absolute atomic E-state index is 0.181. The van der Waals surface area contributed by atoms with Gasteiger partial charge in [-0.3, -0.25) is 14.5 Å². The van der Waals surface area contributed by atoms with Gasteiger partial charge in [0.05, 0.1) is 12.3 Å². The standard InChI is InChI=1S/C17H26N2O3/c1-5-17(18,6-2)11-12-22-16-9-7-15(8-10-16)19(13(3)20)14(4)21/h7-10H,5-6,11-12,18H2,1-4H3. The van der Waals surface area contributed by atoms with Crippen LogP contribution in [-0.2, 0) is 9.59 Å². The molecule has 22 heavy (non-hydrogen) atoms. The van der Waals surface area contributed by atoms with Gasteiger partial charge in [-0.25, -0.2) is 0 Å². The van der Waals surface area contributed by atoms with Crippen molar-refractivity contribution in [3.63, 3.8) is 0 Å². The van der Waals surface area contributed by atoms with E-state index in [4.69, 9.17) is 10.5 Å². The van der Waals surface area contributed by atoms with Gasteiger partial charge in [-0.15, -0.1) is 0 Å². The van der Waals surface area contributed by atoms with Crippen LogP contribution < -0.4 is 15.4 Å². The van der Waals surface area contributed by atoms with Gasteiger partial charge in [-0.2, -0.15) is 0 Å². The van der Waals surface area contributed by atoms with Crippen molar-refractivity contribution in [3.05, 3.63) is 24.3 Å². The number of benzene rings is 1. The molecule has 0 radical (unpaired) electrons. The van der Waals surface area contributed by atoms with Gasteiger partial charge in [0.15, 0.2) is 0 Å². The first-order valence-electron chi connectivity index (χ1n) is 7.66. The molecular formula is C17H26N2O3. The average molecular weight is 306 g/mol. The maximum Gasteiger partial charge on any atom is 0.230 e. The molecule has 0 fully saturated rings. The van der Waals surface area contributed by atoms with Crippen molar-refractivity contribution in [3.8, 4) is 5.75 Å². The lowest BCUT2D eigenvalue weighted by molar-refractivity contribution is -0.124. The fourth-order valence-corrected chi connectivity index (χ4v) is 2.25. The van der Waals surface area contributed by atoms with Crippen LogP contribution in [0.2, 0.25) is 0 Å². The Labute approximate surface area is 132 Å². The molecule has 0 heterocycles. The summed E-state index contributed by atoms with van der Waals surface area (Å²) < 4.78 is 5.69. The maximum absolute atomic E-state index is 11.5. The van der Waals surface area contributed by atoms with Crippen LogP contribution in [0.3, 0.4) is 0 Å². The van der Waals surface area contributed by atoms with Gasteiger partial charge >= 0.3 is 0 Å². The number of imide groups is 1. The smallest absolute Gasteiger partial charge is 0.230 e. The quantitative estimate of drug-likeness (QED) is 0.840. The molecule has 5 nitrogen and oxygen atoms in total. The summed E-state index contributed by atoms with van der Waals surface area (Å²) in [6.07, 6.45) is 2.62. The Morgan fingerprint density at radius 1 is 1.09 bits per heavy atom. The van der Waals surface area contributed by atoms with Crippen molar-refractivity contribution in [2.45, 2.75) is 52.5 Å². The van der Waals surface area contributed by atoms with E-state index in [2.05, 4.69) is 13.8 Å². The fraction of sp³-hybridized carbons (Fsp3) is 0.529. The Kier molecular flexibility index (Phi) is 6.56. The number of hydrogen-bond acceptors (Lipinski definition) is 4. The number of carbonyl (C=O) groups excluding carboxylic acids is 2. The predicted octanol–water partition coefficient (Wildman–Crippen LogP) is 2.87. The number of nitrogens with two attached hydrogens (primary N) is 1. The first kappa shape index (κ1) is 18.2. The molecule has 0 atom stereocenters. The number of carbonyl (C=O) groups is 2. The van der Waals surface area contributed by atoms with Crippen molar-refractivity contribution in [2.24, 2.45) is 5.73 Å². The van der Waals surface area contributed by atoms with Gasteiger partial charge in [0, 0.05) is 19.4 Å². The van der Waals surface area contributed by atoms with E-state index in [0.717, 1.165) is 24.2 Å². The topological polar surface area (TPSA) is 72.6 Å². The zero-order valence-electron chi connectivity index (χ0n) is 13.9. The molecule has 1 aromatic rings. The Bertz CT molecular complexity index is 493. The molecule has 2 N–H and O–H groups in total. The molecule has 0 aliphatic carbocycles. The molecule has 1 rings (SSSR count). The van der Waals surface area contributed by atoms with E-state index in [1.165, 1.54) is 13.8 Å². The Hall–Kier alpha value is -1.88. The van der Waals surface area contributed by atoms with E-state index < -0.39 is 0 Å². The number of nitrogens with zero attached hydrogens (tertiary/aromatic N) is 1. The van der Waals surface area contributed by atoms with Crippen molar-refractivity contribution in [1.29, 1.82) is 0 Å². The molecule has 0 spiro atoms. The first-order valence-corrected chi connectivity index (χ1v) is 7.66. The second-order valence-corrected chi connectivity index (χ2v) is 5.54. The number of rotatable bonds is 7. The largest absolute Gasteiger partial charge is 0.494 e. The SMILES string of the molecule is CCC(N)(CC)CCOc1ccc(N(C(C)=O)C(C)=O)cc1. The summed E-state index contributed by atoms with van der Waals surface area (Å²) in [7, 11) is 0. The van der Waals surface area contributed by atoms with E-state index in [0.29, 0.717) is 18.0 Å². The Morgan fingerprint density at radius 3 is 2.00 bits per heavy atom. The van der Waals surface area contributed by atoms with Crippen LogP contribution in [-0.4, -0.2) is 24.0 Å². The Balaban J connectivity index is 2.66. The van der Waals surface area contributed by atoms with Gasteiger partial charge in [-0.1, -0.05) is 13.8 Å². The second kappa shape index (κ2) is 7.94. The van der Waals surface area contributed by atoms with Gasteiger partial charge in [0.1, 0.15) is 5.75 Å². The van der Waals surface area contributed by atoms with Crippen molar-refractivity contribution in [2.75, 3.05) is 11.5 Å². The molecule has 0 unspecified atom stereocenters. The molecular weight excluding hydrogens is 280 g/mol. The minimum Gasteiger partial charge on any atom is -0.494 e. The molecule has 0 saturated heterocycles. The zero-order valence-corrected chi connectivity index (χ0v) is 13.9. The molecule has 1 aromatic carbocycles. The van der Waals surface area contributed by atoms with Crippen molar-refractivity contribution in [1.82, 2.24) is 0 Å². The van der Waals surface area contributed by atoms with Crippen molar-refractivity contribution < 1.29 is 14.3 Å². The summed E-state index contributed by atoms with van der Waals surface area (Å²) in [4.78, 5) is 24.1. The number of anilines is 1. The number of hydrogen-bond donors (Lipinski definition) is 1. The lowest BCUT2D eigenvalue weighted by Gasteiger charge is -2.26. The second-order valence-electron chi connectivity index (χ2n) is 5.54. The molecule has 0 aromatic heterocycles. The van der Waals surface area contributed by atoms with Crippen LogP contribution in [0, 0.1) is 0 Å². The highest BCUT2D eigenvalue weighted by atomic mass is 16.5. The molecule has 122 valence electrons. The lowest BCUT2D eigenvalue weighted by atomic mass is 9.91. The van der Waals surface area contributed by atoms with Gasteiger partial charge < -0.3 is 10.5 Å². The molecule has 0 saturated carbocycles. The van der Waals surface area contributed by atoms with E-state index in [1.807, 2.05) is 0 Å². The summed E-state index contributed by atoms with van der Waals surface area (Å²) in [5, 5.41) is 0. The highest BCUT2D eigenvalue weighted by Crippen LogP contribution is 2.21. The van der Waals surface area contributed by atoms with Crippen LogP contribution in [0.5, 0.6) is 5.75 Å². The van der Waals surface area contributed by atoms with E-state index >= 15 is 0 Å². The lowest BCUT2D eigenvalue weighted by Crippen LogP contribution is -2.39. The van der Waals surface area contributed by atoms with Gasteiger partial charge in [0.2, 0.25) is 11.8 Å². The summed E-state index contributed by atoms with van der Waals surface area (Å²) in [6.45, 7) is 7.43. The minimum atomic E-state index is -0.306.